The molecule has 2 aromatic rings. The van der Waals surface area contributed by atoms with Crippen LogP contribution in [0.3, 0.4) is 0 Å². The van der Waals surface area contributed by atoms with Crippen LogP contribution in [0.5, 0.6) is 11.5 Å². The molecule has 0 bridgehead atoms. The summed E-state index contributed by atoms with van der Waals surface area (Å²) in [6.45, 7) is 0.773. The Morgan fingerprint density at radius 2 is 1.64 bits per heavy atom. The Morgan fingerprint density at radius 1 is 1.00 bits per heavy atom. The van der Waals surface area contributed by atoms with Crippen molar-refractivity contribution in [2.24, 2.45) is 0 Å². The zero-order valence-corrected chi connectivity index (χ0v) is 13.9. The van der Waals surface area contributed by atoms with Crippen LogP contribution in [0.1, 0.15) is 6.42 Å². The highest BCUT2D eigenvalue weighted by Crippen LogP contribution is 2.18. The van der Waals surface area contributed by atoms with Crippen molar-refractivity contribution in [3.05, 3.63) is 54.1 Å². The molecular weight excluding hydrogens is 330 g/mol. The normalized spacial score (nSPS) is 10.2. The summed E-state index contributed by atoms with van der Waals surface area (Å²) in [7, 11) is 1.58. The van der Waals surface area contributed by atoms with Crippen LogP contribution in [-0.4, -0.2) is 32.7 Å². The number of nitrogens with one attached hydrogen (secondary N) is 2. The van der Waals surface area contributed by atoms with Gasteiger partial charge in [0.15, 0.2) is 0 Å². The van der Waals surface area contributed by atoms with E-state index in [-0.39, 0.29) is 24.6 Å². The average Bonchev–Trinajstić information content (AvgIpc) is 2.62. The number of para-hydroxylation sites is 1. The lowest BCUT2D eigenvalue weighted by Crippen LogP contribution is -2.29. The van der Waals surface area contributed by atoms with E-state index in [1.54, 1.807) is 31.4 Å². The van der Waals surface area contributed by atoms with Gasteiger partial charge in [-0.05, 0) is 36.4 Å². The van der Waals surface area contributed by atoms with E-state index in [0.717, 1.165) is 17.9 Å². The van der Waals surface area contributed by atoms with Gasteiger partial charge in [-0.25, -0.2) is 8.78 Å². The molecule has 0 radical (unpaired) electrons. The number of ether oxygens (including phenoxy) is 2. The molecule has 2 rings (SSSR count). The minimum Gasteiger partial charge on any atom is -0.497 e. The molecule has 0 saturated carbocycles. The second-order valence-electron chi connectivity index (χ2n) is 5.15. The highest BCUT2D eigenvalue weighted by molar-refractivity contribution is 5.76. The summed E-state index contributed by atoms with van der Waals surface area (Å²) in [6.07, 6.45) is 0.0936. The summed E-state index contributed by atoms with van der Waals surface area (Å²) in [5.74, 6) is -0.199. The average molecular weight is 350 g/mol. The molecule has 0 saturated heterocycles. The molecule has 134 valence electrons. The molecule has 0 aliphatic rings. The summed E-state index contributed by atoms with van der Waals surface area (Å²) >= 11 is 0. The SMILES string of the molecule is COc1ccc(OCCNC(=O)CCNc2c(F)cccc2F)cc1. The molecule has 0 unspecified atom stereocenters. The number of benzene rings is 2. The molecule has 25 heavy (non-hydrogen) atoms. The van der Waals surface area contributed by atoms with Crippen LogP contribution in [0.4, 0.5) is 14.5 Å². The molecule has 0 aliphatic heterocycles. The minimum absolute atomic E-state index is 0.0936. The van der Waals surface area contributed by atoms with Gasteiger partial charge in [0.1, 0.15) is 35.4 Å². The fourth-order valence-electron chi connectivity index (χ4n) is 2.09. The molecule has 0 heterocycles. The molecule has 0 aromatic heterocycles. The van der Waals surface area contributed by atoms with E-state index in [1.807, 2.05) is 0 Å². The maximum absolute atomic E-state index is 13.4. The second-order valence-corrected chi connectivity index (χ2v) is 5.15. The van der Waals surface area contributed by atoms with E-state index < -0.39 is 11.6 Å². The van der Waals surface area contributed by atoms with Gasteiger partial charge in [0.25, 0.3) is 0 Å². The van der Waals surface area contributed by atoms with E-state index in [2.05, 4.69) is 10.6 Å². The summed E-state index contributed by atoms with van der Waals surface area (Å²) in [5, 5.41) is 5.26. The lowest BCUT2D eigenvalue weighted by atomic mass is 10.3. The van der Waals surface area contributed by atoms with Crippen LogP contribution in [0.2, 0.25) is 0 Å². The summed E-state index contributed by atoms with van der Waals surface area (Å²) in [6, 6.07) is 10.7. The van der Waals surface area contributed by atoms with Crippen LogP contribution in [-0.2, 0) is 4.79 Å². The topological polar surface area (TPSA) is 59.6 Å². The summed E-state index contributed by atoms with van der Waals surface area (Å²) in [4.78, 5) is 11.7. The van der Waals surface area contributed by atoms with Crippen molar-refractivity contribution in [1.29, 1.82) is 0 Å². The first-order valence-electron chi connectivity index (χ1n) is 7.81. The molecule has 0 fully saturated rings. The fraction of sp³-hybridized carbons (Fsp3) is 0.278. The van der Waals surface area contributed by atoms with Gasteiger partial charge in [0.05, 0.1) is 13.7 Å². The molecule has 7 heteroatoms. The summed E-state index contributed by atoms with van der Waals surface area (Å²) < 4.78 is 37.3. The van der Waals surface area contributed by atoms with Crippen molar-refractivity contribution >= 4 is 11.6 Å². The lowest BCUT2D eigenvalue weighted by molar-refractivity contribution is -0.120. The van der Waals surface area contributed by atoms with E-state index in [1.165, 1.54) is 6.07 Å². The predicted octanol–water partition coefficient (Wildman–Crippen LogP) is 2.97. The van der Waals surface area contributed by atoms with Gasteiger partial charge >= 0.3 is 0 Å². The molecule has 2 N–H and O–H groups in total. The van der Waals surface area contributed by atoms with Crippen LogP contribution in [0, 0.1) is 11.6 Å². The number of methoxy groups -OCH3 is 1. The van der Waals surface area contributed by atoms with Crippen molar-refractivity contribution in [3.63, 3.8) is 0 Å². The van der Waals surface area contributed by atoms with Crippen molar-refractivity contribution in [2.75, 3.05) is 32.1 Å². The Labute approximate surface area is 144 Å². The first-order valence-corrected chi connectivity index (χ1v) is 7.81. The van der Waals surface area contributed by atoms with E-state index in [9.17, 15) is 13.6 Å². The summed E-state index contributed by atoms with van der Waals surface area (Å²) in [5.41, 5.74) is -0.224. The third kappa shape index (κ3) is 5.95. The molecule has 0 atom stereocenters. The van der Waals surface area contributed by atoms with E-state index in [0.29, 0.717) is 18.9 Å². The van der Waals surface area contributed by atoms with Crippen LogP contribution in [0.25, 0.3) is 0 Å². The van der Waals surface area contributed by atoms with Gasteiger partial charge in [-0.1, -0.05) is 6.07 Å². The Morgan fingerprint density at radius 3 is 2.28 bits per heavy atom. The number of amides is 1. The second kappa shape index (κ2) is 9.46. The molecular formula is C18H20F2N2O3. The fourth-order valence-corrected chi connectivity index (χ4v) is 2.09. The number of carbonyl (C=O) groups is 1. The zero-order valence-electron chi connectivity index (χ0n) is 13.9. The standard InChI is InChI=1S/C18H20F2N2O3/c1-24-13-5-7-14(8-6-13)25-12-11-21-17(23)9-10-22-18-15(19)3-2-4-16(18)20/h2-8,22H,9-12H2,1H3,(H,21,23). The Bertz CT molecular complexity index is 673. The van der Waals surface area contributed by atoms with E-state index >= 15 is 0 Å². The number of anilines is 1. The van der Waals surface area contributed by atoms with Crippen molar-refractivity contribution < 1.29 is 23.0 Å². The minimum atomic E-state index is -0.687. The number of rotatable bonds is 9. The van der Waals surface area contributed by atoms with Gasteiger partial charge < -0.3 is 20.1 Å². The highest BCUT2D eigenvalue weighted by atomic mass is 19.1. The van der Waals surface area contributed by atoms with Gasteiger partial charge in [0.2, 0.25) is 5.91 Å². The predicted molar refractivity (Wildman–Crippen MR) is 91.0 cm³/mol. The Kier molecular flexibility index (Phi) is 7.00. The van der Waals surface area contributed by atoms with Crippen LogP contribution < -0.4 is 20.1 Å². The number of carbonyl (C=O) groups excluding carboxylic acids is 1. The van der Waals surface area contributed by atoms with Crippen LogP contribution >= 0.6 is 0 Å². The third-order valence-corrected chi connectivity index (χ3v) is 3.37. The first kappa shape index (κ1) is 18.5. The largest absolute Gasteiger partial charge is 0.497 e. The Hall–Kier alpha value is -2.83. The first-order chi connectivity index (χ1) is 12.1. The van der Waals surface area contributed by atoms with Crippen molar-refractivity contribution in [3.8, 4) is 11.5 Å². The Balaban J connectivity index is 1.62. The molecule has 2 aromatic carbocycles. The van der Waals surface area contributed by atoms with Gasteiger partial charge in [-0.15, -0.1) is 0 Å². The monoisotopic (exact) mass is 350 g/mol. The molecule has 1 amide bonds. The van der Waals surface area contributed by atoms with Gasteiger partial charge in [0, 0.05) is 13.0 Å². The molecule has 0 spiro atoms. The quantitative estimate of drug-likeness (QED) is 0.683. The molecule has 5 nitrogen and oxygen atoms in total. The number of halogens is 2. The zero-order chi connectivity index (χ0) is 18.1. The smallest absolute Gasteiger partial charge is 0.221 e. The van der Waals surface area contributed by atoms with Crippen LogP contribution in [0.15, 0.2) is 42.5 Å². The molecule has 0 aliphatic carbocycles. The van der Waals surface area contributed by atoms with E-state index in [4.69, 9.17) is 9.47 Å². The van der Waals surface area contributed by atoms with Crippen molar-refractivity contribution in [1.82, 2.24) is 5.32 Å². The van der Waals surface area contributed by atoms with Crippen molar-refractivity contribution in [2.45, 2.75) is 6.42 Å². The number of hydrogen-bond donors (Lipinski definition) is 2. The van der Waals surface area contributed by atoms with Gasteiger partial charge in [-0.2, -0.15) is 0 Å². The highest BCUT2D eigenvalue weighted by Gasteiger charge is 2.08. The van der Waals surface area contributed by atoms with Gasteiger partial charge in [-0.3, -0.25) is 4.79 Å². The maximum Gasteiger partial charge on any atom is 0.221 e. The third-order valence-electron chi connectivity index (χ3n) is 3.37. The maximum atomic E-state index is 13.4. The number of hydrogen-bond acceptors (Lipinski definition) is 4. The lowest BCUT2D eigenvalue weighted by Gasteiger charge is -2.10.